The average Bonchev–Trinajstić information content (AvgIpc) is 3.25. The highest BCUT2D eigenvalue weighted by molar-refractivity contribution is 7.99. The van der Waals surface area contributed by atoms with Crippen LogP contribution in [0.4, 0.5) is 10.1 Å². The molecule has 0 atom stereocenters. The van der Waals surface area contributed by atoms with Crippen LogP contribution in [0.1, 0.15) is 17.0 Å². The van der Waals surface area contributed by atoms with Crippen molar-refractivity contribution in [1.82, 2.24) is 24.6 Å². The van der Waals surface area contributed by atoms with E-state index in [2.05, 4.69) is 25.4 Å². The van der Waals surface area contributed by atoms with Gasteiger partial charge in [-0.3, -0.25) is 4.79 Å². The van der Waals surface area contributed by atoms with Crippen molar-refractivity contribution in [2.24, 2.45) is 0 Å². The van der Waals surface area contributed by atoms with E-state index in [1.165, 1.54) is 28.7 Å². The molecule has 0 saturated carbocycles. The van der Waals surface area contributed by atoms with E-state index in [0.717, 1.165) is 17.0 Å². The van der Waals surface area contributed by atoms with Crippen molar-refractivity contribution in [2.75, 3.05) is 5.32 Å². The molecule has 36 heavy (non-hydrogen) atoms. The van der Waals surface area contributed by atoms with E-state index in [1.54, 1.807) is 36.7 Å². The number of nitrogens with one attached hydrogen (secondary N) is 2. The Morgan fingerprint density at radius 3 is 2.53 bits per heavy atom. The maximum absolute atomic E-state index is 14.3. The van der Waals surface area contributed by atoms with Gasteiger partial charge in [0.2, 0.25) is 0 Å². The highest BCUT2D eigenvalue weighted by Gasteiger charge is 2.19. The number of hydrogen-bond acceptors (Lipinski definition) is 6. The lowest BCUT2D eigenvalue weighted by Crippen LogP contribution is -2.14. The monoisotopic (exact) mass is 540 g/mol. The fourth-order valence-corrected chi connectivity index (χ4v) is 5.20. The van der Waals surface area contributed by atoms with E-state index >= 15 is 0 Å². The zero-order chi connectivity index (χ0) is 25.4. The molecule has 7 nitrogen and oxygen atoms in total. The Kier molecular flexibility index (Phi) is 6.70. The number of aromatic nitrogens is 5. The molecule has 0 bridgehead atoms. The van der Waals surface area contributed by atoms with Gasteiger partial charge in [0.05, 0.1) is 39.7 Å². The Balaban J connectivity index is 1.50. The predicted octanol–water partition coefficient (Wildman–Crippen LogP) is 6.31. The van der Waals surface area contributed by atoms with Crippen LogP contribution in [0.5, 0.6) is 0 Å². The molecule has 0 spiro atoms. The van der Waals surface area contributed by atoms with Gasteiger partial charge in [0.1, 0.15) is 17.2 Å². The molecule has 0 saturated heterocycles. The van der Waals surface area contributed by atoms with Gasteiger partial charge < -0.3 is 10.3 Å². The highest BCUT2D eigenvalue weighted by atomic mass is 35.5. The third-order valence-electron chi connectivity index (χ3n) is 5.58. The summed E-state index contributed by atoms with van der Waals surface area (Å²) >= 11 is 14.4. The number of imidazole rings is 1. The molecule has 11 heteroatoms. The third-order valence-corrected chi connectivity index (χ3v) is 7.15. The van der Waals surface area contributed by atoms with Crippen LogP contribution in [0.25, 0.3) is 16.6 Å². The molecule has 0 aliphatic rings. The Morgan fingerprint density at radius 2 is 1.83 bits per heavy atom. The van der Waals surface area contributed by atoms with E-state index in [-0.39, 0.29) is 21.4 Å². The number of fused-ring (bicyclic) bond motifs is 1. The van der Waals surface area contributed by atoms with Crippen molar-refractivity contribution in [3.05, 3.63) is 98.3 Å². The van der Waals surface area contributed by atoms with Gasteiger partial charge >= 0.3 is 0 Å². The number of aryl methyl sites for hydroxylation is 2. The lowest BCUT2D eigenvalue weighted by atomic mass is 10.1. The number of nitrogens with zero attached hydrogens (tertiary/aromatic N) is 4. The summed E-state index contributed by atoms with van der Waals surface area (Å²) in [7, 11) is 0. The quantitative estimate of drug-likeness (QED) is 0.262. The molecule has 3 aromatic heterocycles. The molecule has 0 radical (unpaired) electrons. The SMILES string of the molecule is Cc1ccc(Sc2ccc3c(-c4c(Cl)cc(NCc5nc[nH]c5C)cc4Cl)c(=O)ncn3n2)c(F)c1. The van der Waals surface area contributed by atoms with Crippen molar-refractivity contribution in [3.8, 4) is 11.1 Å². The summed E-state index contributed by atoms with van der Waals surface area (Å²) in [5.41, 5.74) is 3.92. The van der Waals surface area contributed by atoms with Crippen LogP contribution in [0.2, 0.25) is 10.0 Å². The minimum absolute atomic E-state index is 0.229. The first-order valence-electron chi connectivity index (χ1n) is 10.8. The molecular weight excluding hydrogens is 522 g/mol. The van der Waals surface area contributed by atoms with Crippen LogP contribution in [0, 0.1) is 19.7 Å². The Bertz CT molecular complexity index is 1650. The molecular formula is C25H19Cl2FN6OS. The van der Waals surface area contributed by atoms with E-state index in [0.29, 0.717) is 33.2 Å². The zero-order valence-electron chi connectivity index (χ0n) is 19.1. The first-order chi connectivity index (χ1) is 17.3. The van der Waals surface area contributed by atoms with E-state index in [4.69, 9.17) is 23.2 Å². The van der Waals surface area contributed by atoms with Crippen LogP contribution in [-0.2, 0) is 6.54 Å². The molecule has 0 aliphatic carbocycles. The summed E-state index contributed by atoms with van der Waals surface area (Å²) in [6.07, 6.45) is 2.95. The van der Waals surface area contributed by atoms with E-state index in [9.17, 15) is 9.18 Å². The van der Waals surface area contributed by atoms with Gasteiger partial charge in [0.15, 0.2) is 0 Å². The van der Waals surface area contributed by atoms with E-state index in [1.807, 2.05) is 19.9 Å². The number of hydrogen-bond donors (Lipinski definition) is 2. The molecule has 5 rings (SSSR count). The molecule has 0 fully saturated rings. The number of benzene rings is 2. The van der Waals surface area contributed by atoms with Gasteiger partial charge in [-0.15, -0.1) is 0 Å². The number of anilines is 1. The largest absolute Gasteiger partial charge is 0.379 e. The predicted molar refractivity (Wildman–Crippen MR) is 141 cm³/mol. The van der Waals surface area contributed by atoms with Crippen molar-refractivity contribution in [2.45, 2.75) is 30.3 Å². The van der Waals surface area contributed by atoms with Gasteiger partial charge in [-0.05, 0) is 55.8 Å². The van der Waals surface area contributed by atoms with Crippen LogP contribution < -0.4 is 10.9 Å². The van der Waals surface area contributed by atoms with Gasteiger partial charge in [-0.2, -0.15) is 10.1 Å². The van der Waals surface area contributed by atoms with Crippen molar-refractivity contribution >= 4 is 46.2 Å². The third kappa shape index (κ3) is 4.82. The van der Waals surface area contributed by atoms with Crippen LogP contribution in [-0.4, -0.2) is 24.6 Å². The maximum Gasteiger partial charge on any atom is 0.281 e. The summed E-state index contributed by atoms with van der Waals surface area (Å²) < 4.78 is 15.8. The number of halogens is 3. The first-order valence-corrected chi connectivity index (χ1v) is 12.4. The lowest BCUT2D eigenvalue weighted by Gasteiger charge is -2.13. The summed E-state index contributed by atoms with van der Waals surface area (Å²) in [5, 5.41) is 8.86. The van der Waals surface area contributed by atoms with Crippen LogP contribution in [0.3, 0.4) is 0 Å². The van der Waals surface area contributed by atoms with Gasteiger partial charge in [-0.25, -0.2) is 13.9 Å². The second-order valence-electron chi connectivity index (χ2n) is 8.10. The minimum atomic E-state index is -0.488. The average molecular weight is 541 g/mol. The Labute approximate surface area is 219 Å². The smallest absolute Gasteiger partial charge is 0.281 e. The van der Waals surface area contributed by atoms with Crippen molar-refractivity contribution in [3.63, 3.8) is 0 Å². The minimum Gasteiger partial charge on any atom is -0.379 e. The van der Waals surface area contributed by atoms with E-state index < -0.39 is 5.56 Å². The Hall–Kier alpha value is -3.40. The topological polar surface area (TPSA) is 88.0 Å². The fraction of sp³-hybridized carbons (Fsp3) is 0.120. The molecule has 5 aromatic rings. The molecule has 3 heterocycles. The number of aromatic amines is 1. The van der Waals surface area contributed by atoms with Crippen molar-refractivity contribution < 1.29 is 4.39 Å². The van der Waals surface area contributed by atoms with Gasteiger partial charge in [0.25, 0.3) is 5.56 Å². The summed E-state index contributed by atoms with van der Waals surface area (Å²) in [4.78, 5) is 24.5. The van der Waals surface area contributed by atoms with Gasteiger partial charge in [0, 0.05) is 21.8 Å². The van der Waals surface area contributed by atoms with Crippen LogP contribution >= 0.6 is 35.0 Å². The molecule has 0 unspecified atom stereocenters. The molecule has 0 aliphatic heterocycles. The Morgan fingerprint density at radius 1 is 1.06 bits per heavy atom. The first kappa shape index (κ1) is 24.3. The summed E-state index contributed by atoms with van der Waals surface area (Å²) in [6, 6.07) is 11.8. The molecule has 2 aromatic carbocycles. The second-order valence-corrected chi connectivity index (χ2v) is 9.98. The standard InChI is InChI=1S/C25H19Cl2FN6OS/c1-13-3-5-21(18(28)7-13)36-22-6-4-20-24(25(35)32-12-34(20)33-22)23-16(26)8-15(9-17(23)27)29-10-19-14(2)30-11-31-19/h3-9,11-12,29H,10H2,1-2H3,(H,30,31). The highest BCUT2D eigenvalue weighted by Crippen LogP contribution is 2.38. The zero-order valence-corrected chi connectivity index (χ0v) is 21.5. The van der Waals surface area contributed by atoms with Crippen LogP contribution in [0.15, 0.2) is 69.8 Å². The summed E-state index contributed by atoms with van der Waals surface area (Å²) in [5.74, 6) is -0.324. The fourth-order valence-electron chi connectivity index (χ4n) is 3.74. The maximum atomic E-state index is 14.3. The molecule has 0 amide bonds. The molecule has 2 N–H and O–H groups in total. The van der Waals surface area contributed by atoms with Crippen molar-refractivity contribution in [1.29, 1.82) is 0 Å². The molecule has 182 valence electrons. The second kappa shape index (κ2) is 9.93. The van der Waals surface area contributed by atoms with Gasteiger partial charge in [-0.1, -0.05) is 41.0 Å². The number of rotatable bonds is 6. The lowest BCUT2D eigenvalue weighted by molar-refractivity contribution is 0.600. The summed E-state index contributed by atoms with van der Waals surface area (Å²) in [6.45, 7) is 4.24. The normalized spacial score (nSPS) is 11.2. The number of H-pyrrole nitrogens is 1.